The van der Waals surface area contributed by atoms with Crippen LogP contribution in [0.2, 0.25) is 0 Å². The van der Waals surface area contributed by atoms with E-state index >= 15 is 0 Å². The number of benzene rings is 2. The van der Waals surface area contributed by atoms with Gasteiger partial charge in [-0.3, -0.25) is 0 Å². The van der Waals surface area contributed by atoms with Gasteiger partial charge in [-0.15, -0.1) is 0 Å². The first-order chi connectivity index (χ1) is 11.7. The summed E-state index contributed by atoms with van der Waals surface area (Å²) < 4.78 is 2.17. The summed E-state index contributed by atoms with van der Waals surface area (Å²) in [6, 6.07) is 18.8. The second kappa shape index (κ2) is 10.1. The van der Waals surface area contributed by atoms with Gasteiger partial charge in [0.2, 0.25) is 0 Å². The average Bonchev–Trinajstić information content (AvgIpc) is 2.65. The van der Waals surface area contributed by atoms with Gasteiger partial charge in [-0.1, -0.05) is 78.3 Å². The van der Waals surface area contributed by atoms with Gasteiger partial charge in [0.25, 0.3) is 0 Å². The van der Waals surface area contributed by atoms with Crippen LogP contribution in [0.4, 0.5) is 5.69 Å². The fourth-order valence-corrected chi connectivity index (χ4v) is 3.38. The van der Waals surface area contributed by atoms with Crippen LogP contribution in [0.1, 0.15) is 11.1 Å². The summed E-state index contributed by atoms with van der Waals surface area (Å²) in [5.41, 5.74) is 3.79. The van der Waals surface area contributed by atoms with Crippen LogP contribution in [-0.4, -0.2) is 18.3 Å². The van der Waals surface area contributed by atoms with E-state index in [1.54, 1.807) is 23.7 Å². The molecule has 0 aliphatic heterocycles. The number of nitrogens with two attached hydrogens (primary N) is 1. The molecule has 0 saturated heterocycles. The van der Waals surface area contributed by atoms with Gasteiger partial charge in [0, 0.05) is 19.1 Å². The third-order valence-electron chi connectivity index (χ3n) is 3.56. The van der Waals surface area contributed by atoms with Gasteiger partial charge in [-0.2, -0.15) is 5.10 Å². The third kappa shape index (κ3) is 5.65. The Balaban J connectivity index is 1.95. The number of para-hydroxylation sites is 1. The number of allylic oxidation sites excluding steroid dienone is 1. The lowest BCUT2D eigenvalue weighted by atomic mass is 10.1. The molecule has 0 spiro atoms. The molecule has 0 saturated carbocycles. The van der Waals surface area contributed by atoms with Crippen LogP contribution < -0.4 is 10.1 Å². The predicted molar refractivity (Wildman–Crippen MR) is 111 cm³/mol. The molecule has 0 atom stereocenters. The van der Waals surface area contributed by atoms with Crippen LogP contribution >= 0.6 is 23.7 Å². The molecule has 2 aromatic rings. The minimum absolute atomic E-state index is 0.842. The van der Waals surface area contributed by atoms with E-state index in [-0.39, 0.29) is 0 Å². The molecule has 0 unspecified atom stereocenters. The van der Waals surface area contributed by atoms with Gasteiger partial charge >= 0.3 is 0 Å². The first kappa shape index (κ1) is 18.5. The standard InChI is InChI=1S/C19H23N3S2/c1-22(23-2)18-13-7-6-11-17(18)12-8-14-19(21-20)24-15-16-9-4-3-5-10-16/h3-11,13-14H,12,15,20H2,1-2H3/b14-8-,21-19+. The molecule has 0 aliphatic carbocycles. The lowest BCUT2D eigenvalue weighted by Crippen LogP contribution is -2.07. The van der Waals surface area contributed by atoms with Gasteiger partial charge in [0.15, 0.2) is 0 Å². The minimum Gasteiger partial charge on any atom is -0.322 e. The summed E-state index contributed by atoms with van der Waals surface area (Å²) in [4.78, 5) is 0. The van der Waals surface area contributed by atoms with Crippen molar-refractivity contribution < 1.29 is 0 Å². The topological polar surface area (TPSA) is 41.6 Å². The zero-order valence-corrected chi connectivity index (χ0v) is 15.7. The van der Waals surface area contributed by atoms with E-state index in [0.717, 1.165) is 17.2 Å². The summed E-state index contributed by atoms with van der Waals surface area (Å²) in [5.74, 6) is 6.39. The van der Waals surface area contributed by atoms with Gasteiger partial charge in [-0.25, -0.2) is 0 Å². The van der Waals surface area contributed by atoms with E-state index in [1.165, 1.54) is 16.8 Å². The molecule has 0 fully saturated rings. The van der Waals surface area contributed by atoms with Crippen molar-refractivity contribution in [2.45, 2.75) is 12.2 Å². The highest BCUT2D eigenvalue weighted by atomic mass is 32.2. The van der Waals surface area contributed by atoms with Crippen molar-refractivity contribution in [1.82, 2.24) is 0 Å². The first-order valence-electron chi connectivity index (χ1n) is 7.71. The Morgan fingerprint density at radius 3 is 2.54 bits per heavy atom. The predicted octanol–water partition coefficient (Wildman–Crippen LogP) is 4.71. The molecule has 0 amide bonds. The van der Waals surface area contributed by atoms with Crippen LogP contribution in [0.15, 0.2) is 71.9 Å². The van der Waals surface area contributed by atoms with Crippen molar-refractivity contribution in [1.29, 1.82) is 0 Å². The second-order valence-electron chi connectivity index (χ2n) is 5.16. The summed E-state index contributed by atoms with van der Waals surface area (Å²) in [6.07, 6.45) is 7.05. The molecule has 0 radical (unpaired) electrons. The fourth-order valence-electron chi connectivity index (χ4n) is 2.24. The summed E-state index contributed by atoms with van der Waals surface area (Å²) in [5, 5.41) is 4.73. The van der Waals surface area contributed by atoms with Crippen LogP contribution in [-0.2, 0) is 12.2 Å². The molecule has 2 N–H and O–H groups in total. The number of anilines is 1. The van der Waals surface area contributed by atoms with Crippen molar-refractivity contribution in [3.8, 4) is 0 Å². The zero-order valence-electron chi connectivity index (χ0n) is 14.1. The van der Waals surface area contributed by atoms with Crippen molar-refractivity contribution in [2.75, 3.05) is 17.6 Å². The van der Waals surface area contributed by atoms with Crippen LogP contribution in [0.5, 0.6) is 0 Å². The second-order valence-corrected chi connectivity index (χ2v) is 7.07. The monoisotopic (exact) mass is 357 g/mol. The molecule has 2 rings (SSSR count). The maximum Gasteiger partial charge on any atom is 0.116 e. The molecule has 126 valence electrons. The summed E-state index contributed by atoms with van der Waals surface area (Å²) >= 11 is 3.35. The molecule has 3 nitrogen and oxygen atoms in total. The number of rotatable bonds is 7. The van der Waals surface area contributed by atoms with E-state index < -0.39 is 0 Å². The lowest BCUT2D eigenvalue weighted by molar-refractivity contribution is 1.22. The molecular weight excluding hydrogens is 334 g/mol. The SMILES string of the molecule is CSN(C)c1ccccc1C/C=C\C(=N/N)SCc1ccccc1. The van der Waals surface area contributed by atoms with Crippen LogP contribution in [0, 0.1) is 0 Å². The number of nitrogens with zero attached hydrogens (tertiary/aromatic N) is 2. The fraction of sp³-hybridized carbons (Fsp3) is 0.211. The van der Waals surface area contributed by atoms with E-state index in [1.807, 2.05) is 24.3 Å². The molecule has 5 heteroatoms. The third-order valence-corrected chi connectivity index (χ3v) is 5.32. The minimum atomic E-state index is 0.842. The maximum atomic E-state index is 5.52. The van der Waals surface area contributed by atoms with Gasteiger partial charge in [-0.05, 0) is 29.7 Å². The van der Waals surface area contributed by atoms with Crippen molar-refractivity contribution >= 4 is 34.4 Å². The highest BCUT2D eigenvalue weighted by Gasteiger charge is 2.04. The van der Waals surface area contributed by atoms with E-state index in [2.05, 4.69) is 65.2 Å². The molecule has 0 bridgehead atoms. The Bertz CT molecular complexity index is 684. The summed E-state index contributed by atoms with van der Waals surface area (Å²) in [7, 11) is 2.08. The first-order valence-corrected chi connectivity index (χ1v) is 9.88. The van der Waals surface area contributed by atoms with E-state index in [0.29, 0.717) is 0 Å². The average molecular weight is 358 g/mol. The Hall–Kier alpha value is -1.85. The number of hydrogen-bond acceptors (Lipinski definition) is 5. The molecule has 0 aromatic heterocycles. The number of thioether (sulfide) groups is 1. The number of hydrazone groups is 1. The normalized spacial score (nSPS) is 11.8. The Morgan fingerprint density at radius 2 is 1.83 bits per heavy atom. The Kier molecular flexibility index (Phi) is 7.79. The molecule has 0 heterocycles. The highest BCUT2D eigenvalue weighted by Crippen LogP contribution is 2.24. The van der Waals surface area contributed by atoms with Gasteiger partial charge in [0.05, 0.1) is 5.69 Å². The van der Waals surface area contributed by atoms with Crippen molar-refractivity contribution in [3.63, 3.8) is 0 Å². The maximum absolute atomic E-state index is 5.52. The molecular formula is C19H23N3S2. The largest absolute Gasteiger partial charge is 0.322 e. The lowest BCUT2D eigenvalue weighted by Gasteiger charge is -2.18. The Morgan fingerprint density at radius 1 is 1.12 bits per heavy atom. The van der Waals surface area contributed by atoms with Crippen molar-refractivity contribution in [2.24, 2.45) is 10.9 Å². The Labute approximate surface area is 153 Å². The molecule has 2 aromatic carbocycles. The van der Waals surface area contributed by atoms with Crippen LogP contribution in [0.3, 0.4) is 0 Å². The molecule has 24 heavy (non-hydrogen) atoms. The zero-order chi connectivity index (χ0) is 17.2. The molecule has 0 aliphatic rings. The van der Waals surface area contributed by atoms with E-state index in [9.17, 15) is 0 Å². The van der Waals surface area contributed by atoms with E-state index in [4.69, 9.17) is 5.84 Å². The smallest absolute Gasteiger partial charge is 0.116 e. The van der Waals surface area contributed by atoms with Crippen LogP contribution in [0.25, 0.3) is 0 Å². The van der Waals surface area contributed by atoms with Gasteiger partial charge in [0.1, 0.15) is 5.04 Å². The number of hydrogen-bond donors (Lipinski definition) is 1. The van der Waals surface area contributed by atoms with Gasteiger partial charge < -0.3 is 10.1 Å². The highest BCUT2D eigenvalue weighted by molar-refractivity contribution is 8.13. The summed E-state index contributed by atoms with van der Waals surface area (Å²) in [6.45, 7) is 0. The quantitative estimate of drug-likeness (QED) is 0.256. The van der Waals surface area contributed by atoms with Crippen molar-refractivity contribution in [3.05, 3.63) is 77.9 Å².